The number of benzene rings is 2. The first-order valence-electron chi connectivity index (χ1n) is 9.53. The number of aryl methyl sites for hydroxylation is 1. The molecule has 4 nitrogen and oxygen atoms in total. The molecule has 0 spiro atoms. The molecule has 1 amide bonds. The smallest absolute Gasteiger partial charge is 0.232 e. The van der Waals surface area contributed by atoms with Crippen LogP contribution in [-0.2, 0) is 18.3 Å². The van der Waals surface area contributed by atoms with E-state index in [2.05, 4.69) is 36.4 Å². The molecule has 1 heterocycles. The summed E-state index contributed by atoms with van der Waals surface area (Å²) < 4.78 is 14.7. The summed E-state index contributed by atoms with van der Waals surface area (Å²) in [4.78, 5) is 12.7. The molecule has 0 fully saturated rings. The largest absolute Gasteiger partial charge is 0.310 e. The van der Waals surface area contributed by atoms with Crippen molar-refractivity contribution in [3.05, 3.63) is 71.5 Å². The average Bonchev–Trinajstić information content (AvgIpc) is 3.02. The molecule has 1 atom stereocenters. The molecule has 2 aromatic carbocycles. The molecule has 1 unspecified atom stereocenters. The van der Waals surface area contributed by atoms with Gasteiger partial charge in [-0.25, -0.2) is 4.39 Å². The van der Waals surface area contributed by atoms with Gasteiger partial charge in [0.25, 0.3) is 0 Å². The molecule has 3 rings (SSSR count). The lowest BCUT2D eigenvalue weighted by Crippen LogP contribution is -2.20. The number of anilines is 1. The second-order valence-electron chi connectivity index (χ2n) is 7.60. The zero-order chi connectivity index (χ0) is 20.3. The summed E-state index contributed by atoms with van der Waals surface area (Å²) in [6.07, 6.45) is 1.03. The highest BCUT2D eigenvalue weighted by Crippen LogP contribution is 2.24. The molecule has 146 valence electrons. The van der Waals surface area contributed by atoms with E-state index in [4.69, 9.17) is 0 Å². The minimum absolute atomic E-state index is 0.0923. The summed E-state index contributed by atoms with van der Waals surface area (Å²) in [6, 6.07) is 16.2. The molecule has 5 heteroatoms. The Morgan fingerprint density at radius 2 is 1.71 bits per heavy atom. The summed E-state index contributed by atoms with van der Waals surface area (Å²) in [5.41, 5.74) is 3.74. The molecule has 1 N–H and O–H groups in total. The lowest BCUT2D eigenvalue weighted by Gasteiger charge is -2.13. The predicted molar refractivity (Wildman–Crippen MR) is 111 cm³/mol. The van der Waals surface area contributed by atoms with E-state index in [1.54, 1.807) is 29.9 Å². The molecular formula is C23H26FN3O. The van der Waals surface area contributed by atoms with Gasteiger partial charge >= 0.3 is 0 Å². The SMILES string of the molecule is CC(C)Cc1ccc(C(C)C(=O)Nc2cc(-c3ccc(F)cc3)nn2C)cc1. The Kier molecular flexibility index (Phi) is 5.93. The van der Waals surface area contributed by atoms with Crippen molar-refractivity contribution < 1.29 is 9.18 Å². The monoisotopic (exact) mass is 379 g/mol. The van der Waals surface area contributed by atoms with Crippen molar-refractivity contribution in [1.29, 1.82) is 0 Å². The average molecular weight is 379 g/mol. The zero-order valence-corrected chi connectivity index (χ0v) is 16.7. The van der Waals surface area contributed by atoms with Crippen LogP contribution in [0.1, 0.15) is 37.8 Å². The molecular weight excluding hydrogens is 353 g/mol. The van der Waals surface area contributed by atoms with Crippen LogP contribution < -0.4 is 5.32 Å². The second kappa shape index (κ2) is 8.38. The van der Waals surface area contributed by atoms with Crippen LogP contribution in [0.2, 0.25) is 0 Å². The lowest BCUT2D eigenvalue weighted by molar-refractivity contribution is -0.117. The molecule has 0 saturated carbocycles. The summed E-state index contributed by atoms with van der Waals surface area (Å²) in [7, 11) is 1.77. The fraction of sp³-hybridized carbons (Fsp3) is 0.304. The van der Waals surface area contributed by atoms with Gasteiger partial charge < -0.3 is 5.32 Å². The Balaban J connectivity index is 1.71. The van der Waals surface area contributed by atoms with Crippen LogP contribution in [0.15, 0.2) is 54.6 Å². The number of carbonyl (C=O) groups excluding carboxylic acids is 1. The Hall–Kier alpha value is -2.95. The molecule has 0 aliphatic carbocycles. The number of nitrogens with one attached hydrogen (secondary N) is 1. The number of amides is 1. The summed E-state index contributed by atoms with van der Waals surface area (Å²) in [5.74, 6) is 0.545. The van der Waals surface area contributed by atoms with Crippen molar-refractivity contribution in [2.45, 2.75) is 33.1 Å². The third kappa shape index (κ3) is 4.66. The third-order valence-corrected chi connectivity index (χ3v) is 4.79. The van der Waals surface area contributed by atoms with Crippen LogP contribution in [-0.4, -0.2) is 15.7 Å². The van der Waals surface area contributed by atoms with E-state index >= 15 is 0 Å². The number of halogens is 1. The zero-order valence-electron chi connectivity index (χ0n) is 16.7. The van der Waals surface area contributed by atoms with Gasteiger partial charge in [-0.2, -0.15) is 5.10 Å². The highest BCUT2D eigenvalue weighted by Gasteiger charge is 2.18. The van der Waals surface area contributed by atoms with Crippen LogP contribution in [0.3, 0.4) is 0 Å². The van der Waals surface area contributed by atoms with Gasteiger partial charge in [0, 0.05) is 18.7 Å². The molecule has 1 aromatic heterocycles. The molecule has 0 aliphatic rings. The van der Waals surface area contributed by atoms with Gasteiger partial charge in [0.05, 0.1) is 11.6 Å². The topological polar surface area (TPSA) is 46.9 Å². The van der Waals surface area contributed by atoms with Crippen molar-refractivity contribution >= 4 is 11.7 Å². The fourth-order valence-electron chi connectivity index (χ4n) is 3.15. The molecule has 0 saturated heterocycles. The summed E-state index contributed by atoms with van der Waals surface area (Å²) in [6.45, 7) is 6.28. The van der Waals surface area contributed by atoms with Crippen molar-refractivity contribution in [1.82, 2.24) is 9.78 Å². The van der Waals surface area contributed by atoms with E-state index < -0.39 is 0 Å². The highest BCUT2D eigenvalue weighted by molar-refractivity contribution is 5.95. The van der Waals surface area contributed by atoms with Gasteiger partial charge in [0.2, 0.25) is 5.91 Å². The minimum atomic E-state index is -0.290. The van der Waals surface area contributed by atoms with E-state index in [1.165, 1.54) is 17.7 Å². The summed E-state index contributed by atoms with van der Waals surface area (Å²) >= 11 is 0. The van der Waals surface area contributed by atoms with E-state index in [1.807, 2.05) is 19.1 Å². The van der Waals surface area contributed by atoms with Crippen LogP contribution >= 0.6 is 0 Å². The number of carbonyl (C=O) groups is 1. The van der Waals surface area contributed by atoms with E-state index in [-0.39, 0.29) is 17.6 Å². The Morgan fingerprint density at radius 1 is 1.07 bits per heavy atom. The number of hydrogen-bond donors (Lipinski definition) is 1. The first-order chi connectivity index (χ1) is 13.3. The first kappa shape index (κ1) is 19.8. The number of hydrogen-bond acceptors (Lipinski definition) is 2. The van der Waals surface area contributed by atoms with Crippen LogP contribution in [0.5, 0.6) is 0 Å². The maximum absolute atomic E-state index is 13.1. The number of nitrogens with zero attached hydrogens (tertiary/aromatic N) is 2. The van der Waals surface area contributed by atoms with Crippen LogP contribution in [0.4, 0.5) is 10.2 Å². The van der Waals surface area contributed by atoms with E-state index in [9.17, 15) is 9.18 Å². The minimum Gasteiger partial charge on any atom is -0.310 e. The van der Waals surface area contributed by atoms with Gasteiger partial charge in [-0.15, -0.1) is 0 Å². The van der Waals surface area contributed by atoms with Crippen molar-refractivity contribution in [2.24, 2.45) is 13.0 Å². The Bertz CT molecular complexity index is 943. The van der Waals surface area contributed by atoms with E-state index in [0.717, 1.165) is 17.5 Å². The van der Waals surface area contributed by atoms with Gasteiger partial charge in [-0.1, -0.05) is 38.1 Å². The lowest BCUT2D eigenvalue weighted by atomic mass is 9.96. The number of aromatic nitrogens is 2. The molecule has 0 bridgehead atoms. The highest BCUT2D eigenvalue weighted by atomic mass is 19.1. The Labute approximate surface area is 165 Å². The van der Waals surface area contributed by atoms with Crippen molar-refractivity contribution in [2.75, 3.05) is 5.32 Å². The van der Waals surface area contributed by atoms with Gasteiger partial charge in [-0.3, -0.25) is 9.48 Å². The van der Waals surface area contributed by atoms with Crippen LogP contribution in [0.25, 0.3) is 11.3 Å². The van der Waals surface area contributed by atoms with E-state index in [0.29, 0.717) is 17.4 Å². The molecule has 0 aliphatic heterocycles. The summed E-state index contributed by atoms with van der Waals surface area (Å²) in [5, 5.41) is 7.36. The van der Waals surface area contributed by atoms with Gasteiger partial charge in [0.1, 0.15) is 11.6 Å². The van der Waals surface area contributed by atoms with Gasteiger partial charge in [-0.05, 0) is 54.7 Å². The molecule has 0 radical (unpaired) electrons. The van der Waals surface area contributed by atoms with Crippen molar-refractivity contribution in [3.63, 3.8) is 0 Å². The molecule has 3 aromatic rings. The number of rotatable bonds is 6. The maximum Gasteiger partial charge on any atom is 0.232 e. The maximum atomic E-state index is 13.1. The first-order valence-corrected chi connectivity index (χ1v) is 9.53. The third-order valence-electron chi connectivity index (χ3n) is 4.79. The van der Waals surface area contributed by atoms with Crippen LogP contribution in [0, 0.1) is 11.7 Å². The second-order valence-corrected chi connectivity index (χ2v) is 7.60. The quantitative estimate of drug-likeness (QED) is 0.642. The predicted octanol–water partition coefficient (Wildman–Crippen LogP) is 5.17. The standard InChI is InChI=1S/C23H26FN3O/c1-15(2)13-17-5-7-18(8-6-17)16(3)23(28)25-22-14-21(26-27(22)4)19-9-11-20(24)12-10-19/h5-12,14-16H,13H2,1-4H3,(H,25,28). The van der Waals surface area contributed by atoms with Gasteiger partial charge in [0.15, 0.2) is 0 Å². The Morgan fingerprint density at radius 3 is 2.32 bits per heavy atom. The fourth-order valence-corrected chi connectivity index (χ4v) is 3.15. The molecule has 28 heavy (non-hydrogen) atoms. The van der Waals surface area contributed by atoms with Crippen molar-refractivity contribution in [3.8, 4) is 11.3 Å². The normalized spacial score (nSPS) is 12.2.